The van der Waals surface area contributed by atoms with Crippen LogP contribution in [0.1, 0.15) is 25.0 Å². The molecule has 0 aliphatic carbocycles. The summed E-state index contributed by atoms with van der Waals surface area (Å²) in [6.07, 6.45) is 2.42. The van der Waals surface area contributed by atoms with Gasteiger partial charge in [-0.3, -0.25) is 19.3 Å². The summed E-state index contributed by atoms with van der Waals surface area (Å²) in [6, 6.07) is 12.3. The first-order valence-corrected chi connectivity index (χ1v) is 11.8. The van der Waals surface area contributed by atoms with Crippen LogP contribution >= 0.6 is 11.8 Å². The van der Waals surface area contributed by atoms with Crippen LogP contribution in [-0.4, -0.2) is 54.8 Å². The molecule has 1 heterocycles. The number of rotatable bonds is 10. The van der Waals surface area contributed by atoms with Crippen molar-refractivity contribution in [3.63, 3.8) is 0 Å². The van der Waals surface area contributed by atoms with E-state index < -0.39 is 23.0 Å². The fourth-order valence-corrected chi connectivity index (χ4v) is 3.99. The Bertz CT molecular complexity index is 1150. The second-order valence-corrected chi connectivity index (χ2v) is 8.36. The number of esters is 1. The Labute approximate surface area is 207 Å². The zero-order valence-corrected chi connectivity index (χ0v) is 20.5. The summed E-state index contributed by atoms with van der Waals surface area (Å²) in [5.41, 5.74) is 2.31. The van der Waals surface area contributed by atoms with Crippen molar-refractivity contribution >= 4 is 46.5 Å². The highest BCUT2D eigenvalue weighted by Gasteiger charge is 2.36. The van der Waals surface area contributed by atoms with Gasteiger partial charge in [0.05, 0.1) is 18.6 Å². The molecule has 0 saturated carbocycles. The van der Waals surface area contributed by atoms with Crippen molar-refractivity contribution < 1.29 is 33.4 Å². The second-order valence-electron chi connectivity index (χ2n) is 7.37. The molecule has 1 aliphatic heterocycles. The Hall–Kier alpha value is -3.79. The Balaban J connectivity index is 1.69. The molecular weight excluding hydrogens is 472 g/mol. The summed E-state index contributed by atoms with van der Waals surface area (Å²) >= 11 is 0.756. The number of methoxy groups -OCH3 is 1. The minimum atomic E-state index is -0.555. The van der Waals surface area contributed by atoms with E-state index in [1.165, 1.54) is 7.11 Å². The lowest BCUT2D eigenvalue weighted by Gasteiger charge is -2.13. The summed E-state index contributed by atoms with van der Waals surface area (Å²) < 4.78 is 15.6. The molecule has 1 aliphatic rings. The van der Waals surface area contributed by atoms with Crippen LogP contribution in [0.5, 0.6) is 11.5 Å². The van der Waals surface area contributed by atoms with Crippen molar-refractivity contribution in [1.82, 2.24) is 4.90 Å². The molecule has 3 amide bonds. The van der Waals surface area contributed by atoms with Gasteiger partial charge in [-0.05, 0) is 66.6 Å². The lowest BCUT2D eigenvalue weighted by molar-refractivity contribution is -0.143. The molecule has 1 N–H and O–H groups in total. The van der Waals surface area contributed by atoms with Gasteiger partial charge in [-0.25, -0.2) is 4.79 Å². The van der Waals surface area contributed by atoms with E-state index in [0.29, 0.717) is 29.4 Å². The number of benzene rings is 2. The third-order valence-corrected chi connectivity index (χ3v) is 5.87. The molecule has 1 saturated heterocycles. The third-order valence-electron chi connectivity index (χ3n) is 4.96. The van der Waals surface area contributed by atoms with Crippen LogP contribution in [-0.2, 0) is 25.5 Å². The Kier molecular flexibility index (Phi) is 8.91. The number of hydrogen-bond donors (Lipinski definition) is 1. The van der Waals surface area contributed by atoms with Gasteiger partial charge in [0.25, 0.3) is 11.1 Å². The van der Waals surface area contributed by atoms with Gasteiger partial charge in [-0.1, -0.05) is 25.1 Å². The molecule has 0 bridgehead atoms. The van der Waals surface area contributed by atoms with Gasteiger partial charge in [0.15, 0.2) is 18.1 Å². The highest BCUT2D eigenvalue weighted by molar-refractivity contribution is 8.18. The second kappa shape index (κ2) is 12.1. The SMILES string of the molecule is CCOc1cc(/C=C2/SC(=O)N(CC(=O)Nc3ccc(CC)cc3)C2=O)ccc1OCC(=O)OC. The minimum Gasteiger partial charge on any atom is -0.490 e. The third kappa shape index (κ3) is 6.86. The number of thioether (sulfide) groups is 1. The first-order valence-electron chi connectivity index (χ1n) is 10.9. The number of nitrogens with one attached hydrogen (secondary N) is 1. The van der Waals surface area contributed by atoms with Gasteiger partial charge >= 0.3 is 5.97 Å². The smallest absolute Gasteiger partial charge is 0.343 e. The van der Waals surface area contributed by atoms with Crippen molar-refractivity contribution in [3.05, 3.63) is 58.5 Å². The molecule has 0 unspecified atom stereocenters. The van der Waals surface area contributed by atoms with Crippen LogP contribution in [0.15, 0.2) is 47.4 Å². The van der Waals surface area contributed by atoms with Crippen molar-refractivity contribution in [2.24, 2.45) is 0 Å². The average Bonchev–Trinajstić information content (AvgIpc) is 3.11. The fraction of sp³-hybridized carbons (Fsp3) is 0.280. The average molecular weight is 499 g/mol. The Morgan fingerprint density at radius 2 is 1.77 bits per heavy atom. The first-order chi connectivity index (χ1) is 16.8. The van der Waals surface area contributed by atoms with E-state index in [1.807, 2.05) is 19.1 Å². The number of carbonyl (C=O) groups excluding carboxylic acids is 4. The summed E-state index contributed by atoms with van der Waals surface area (Å²) in [6.45, 7) is 3.52. The zero-order chi connectivity index (χ0) is 25.4. The van der Waals surface area contributed by atoms with E-state index in [9.17, 15) is 19.2 Å². The van der Waals surface area contributed by atoms with E-state index in [0.717, 1.165) is 28.6 Å². The molecule has 2 aromatic carbocycles. The first kappa shape index (κ1) is 25.8. The number of amides is 3. The zero-order valence-electron chi connectivity index (χ0n) is 19.7. The lowest BCUT2D eigenvalue weighted by atomic mass is 10.1. The van der Waals surface area contributed by atoms with Crippen molar-refractivity contribution in [2.75, 3.05) is 32.2 Å². The van der Waals surface area contributed by atoms with Gasteiger partial charge in [0, 0.05) is 5.69 Å². The largest absolute Gasteiger partial charge is 0.490 e. The normalized spacial score (nSPS) is 14.3. The highest BCUT2D eigenvalue weighted by atomic mass is 32.2. The number of carbonyl (C=O) groups is 4. The van der Waals surface area contributed by atoms with E-state index in [2.05, 4.69) is 10.1 Å². The number of ether oxygens (including phenoxy) is 3. The maximum Gasteiger partial charge on any atom is 0.343 e. The number of nitrogens with zero attached hydrogens (tertiary/aromatic N) is 1. The van der Waals surface area contributed by atoms with E-state index in [-0.39, 0.29) is 18.1 Å². The number of anilines is 1. The van der Waals surface area contributed by atoms with Crippen molar-refractivity contribution in [1.29, 1.82) is 0 Å². The number of hydrogen-bond acceptors (Lipinski definition) is 8. The molecule has 0 atom stereocenters. The highest BCUT2D eigenvalue weighted by Crippen LogP contribution is 2.34. The van der Waals surface area contributed by atoms with Crippen molar-refractivity contribution in [3.8, 4) is 11.5 Å². The number of aryl methyl sites for hydroxylation is 1. The Morgan fingerprint density at radius 3 is 2.43 bits per heavy atom. The molecular formula is C25H26N2O7S. The molecule has 0 spiro atoms. The molecule has 184 valence electrons. The molecule has 3 rings (SSSR count). The maximum atomic E-state index is 12.8. The quantitative estimate of drug-likeness (QED) is 0.388. The van der Waals surface area contributed by atoms with Crippen LogP contribution in [0, 0.1) is 0 Å². The maximum absolute atomic E-state index is 12.8. The van der Waals surface area contributed by atoms with Gasteiger partial charge in [0.1, 0.15) is 6.54 Å². The molecule has 0 aromatic heterocycles. The monoisotopic (exact) mass is 498 g/mol. The predicted octanol–water partition coefficient (Wildman–Crippen LogP) is 3.87. The lowest BCUT2D eigenvalue weighted by Crippen LogP contribution is -2.36. The molecule has 10 heteroatoms. The van der Waals surface area contributed by atoms with Gasteiger partial charge < -0.3 is 19.5 Å². The van der Waals surface area contributed by atoms with Crippen LogP contribution < -0.4 is 14.8 Å². The fourth-order valence-electron chi connectivity index (χ4n) is 3.15. The summed E-state index contributed by atoms with van der Waals surface area (Å²) in [7, 11) is 1.26. The summed E-state index contributed by atoms with van der Waals surface area (Å²) in [5.74, 6) is -0.847. The summed E-state index contributed by atoms with van der Waals surface area (Å²) in [4.78, 5) is 50.1. The molecule has 35 heavy (non-hydrogen) atoms. The van der Waals surface area contributed by atoms with Crippen LogP contribution in [0.3, 0.4) is 0 Å². The summed E-state index contributed by atoms with van der Waals surface area (Å²) in [5, 5.41) is 2.17. The van der Waals surface area contributed by atoms with Crippen LogP contribution in [0.4, 0.5) is 10.5 Å². The van der Waals surface area contributed by atoms with Crippen LogP contribution in [0.2, 0.25) is 0 Å². The topological polar surface area (TPSA) is 111 Å². The van der Waals surface area contributed by atoms with Gasteiger partial charge in [0.2, 0.25) is 5.91 Å². The standard InChI is InChI=1S/C25H26N2O7S/c1-4-16-6-9-18(10-7-16)26-22(28)14-27-24(30)21(35-25(27)31)13-17-8-11-19(20(12-17)33-5-2)34-15-23(29)32-3/h6-13H,4-5,14-15H2,1-3H3,(H,26,28)/b21-13+. The van der Waals surface area contributed by atoms with Crippen LogP contribution in [0.25, 0.3) is 6.08 Å². The van der Waals surface area contributed by atoms with Gasteiger partial charge in [-0.15, -0.1) is 0 Å². The van der Waals surface area contributed by atoms with Gasteiger partial charge in [-0.2, -0.15) is 0 Å². The van der Waals surface area contributed by atoms with E-state index in [4.69, 9.17) is 9.47 Å². The van der Waals surface area contributed by atoms with E-state index >= 15 is 0 Å². The Morgan fingerprint density at radius 1 is 1.03 bits per heavy atom. The minimum absolute atomic E-state index is 0.181. The molecule has 1 fully saturated rings. The van der Waals surface area contributed by atoms with E-state index in [1.54, 1.807) is 43.3 Å². The molecule has 2 aromatic rings. The predicted molar refractivity (Wildman–Crippen MR) is 132 cm³/mol. The van der Waals surface area contributed by atoms with Crippen molar-refractivity contribution in [2.45, 2.75) is 20.3 Å². The number of imide groups is 1. The molecule has 0 radical (unpaired) electrons. The molecule has 9 nitrogen and oxygen atoms in total.